The fourth-order valence-corrected chi connectivity index (χ4v) is 4.65. The van der Waals surface area contributed by atoms with E-state index in [4.69, 9.17) is 9.15 Å². The van der Waals surface area contributed by atoms with Crippen LogP contribution in [-0.4, -0.2) is 61.2 Å². The third-order valence-corrected chi connectivity index (χ3v) is 6.56. The highest BCUT2D eigenvalue weighted by atomic mass is 16.6. The summed E-state index contributed by atoms with van der Waals surface area (Å²) < 4.78 is 11.3. The van der Waals surface area contributed by atoms with Crippen molar-refractivity contribution in [1.29, 1.82) is 0 Å². The number of carbonyl (C=O) groups excluding carboxylic acids is 2. The summed E-state index contributed by atoms with van der Waals surface area (Å²) in [6.45, 7) is 5.96. The Balaban J connectivity index is 1.28. The van der Waals surface area contributed by atoms with Crippen molar-refractivity contribution < 1.29 is 24.0 Å². The van der Waals surface area contributed by atoms with Crippen molar-refractivity contribution in [2.75, 3.05) is 6.54 Å². The summed E-state index contributed by atoms with van der Waals surface area (Å²) in [5.41, 5.74) is -1.00. The number of ether oxygens (including phenoxy) is 1. The number of nitrogens with one attached hydrogen (secondary N) is 1. The molecule has 4 fully saturated rings. The predicted molar refractivity (Wildman–Crippen MR) is 97.9 cm³/mol. The van der Waals surface area contributed by atoms with Gasteiger partial charge < -0.3 is 19.4 Å². The maximum Gasteiger partial charge on any atom is 0.408 e. The molecule has 10 heteroatoms. The number of amides is 3. The maximum absolute atomic E-state index is 12.4. The minimum Gasteiger partial charge on any atom is -0.444 e. The molecular formula is C19H27N5O5. The summed E-state index contributed by atoms with van der Waals surface area (Å²) in [6, 6.07) is -0.844. The minimum atomic E-state index is -0.557. The normalized spacial score (nSPS) is 28.6. The smallest absolute Gasteiger partial charge is 0.408 e. The number of fused-ring (bicyclic) bond motifs is 3. The van der Waals surface area contributed by atoms with E-state index in [2.05, 4.69) is 15.5 Å². The molecule has 2 aliphatic carbocycles. The fourth-order valence-electron chi connectivity index (χ4n) is 4.65. The Morgan fingerprint density at radius 3 is 2.66 bits per heavy atom. The fraction of sp³-hybridized carbons (Fsp3) is 0.789. The Bertz CT molecular complexity index is 853. The summed E-state index contributed by atoms with van der Waals surface area (Å²) >= 11 is 0. The minimum absolute atomic E-state index is 0.0350. The second-order valence-corrected chi connectivity index (χ2v) is 10.00. The van der Waals surface area contributed by atoms with Crippen molar-refractivity contribution in [2.24, 2.45) is 5.41 Å². The largest absolute Gasteiger partial charge is 0.444 e. The van der Waals surface area contributed by atoms with Gasteiger partial charge in [-0.3, -0.25) is 5.21 Å². The van der Waals surface area contributed by atoms with Crippen molar-refractivity contribution in [3.8, 4) is 0 Å². The standard InChI is InChI=1S/C19H27N5O5/c1-17(2,3)29-15(25)20-19(6-7-19)9-13-21-22-14(28-13)11-8-18(4-5-18)12-10-23(11)16(26)24(12)27/h11-12,27H,4-10H2,1-3H3,(H,20,25)/t11-,12+/m0/s1. The third-order valence-electron chi connectivity index (χ3n) is 6.56. The van der Waals surface area contributed by atoms with Gasteiger partial charge in [0.2, 0.25) is 11.8 Å². The van der Waals surface area contributed by atoms with E-state index in [0.717, 1.165) is 37.2 Å². The molecule has 0 aromatic carbocycles. The first-order valence-electron chi connectivity index (χ1n) is 10.2. The van der Waals surface area contributed by atoms with Gasteiger partial charge in [-0.25, -0.2) is 14.7 Å². The van der Waals surface area contributed by atoms with Crippen LogP contribution in [0.15, 0.2) is 4.42 Å². The zero-order valence-electron chi connectivity index (χ0n) is 17.0. The molecule has 29 heavy (non-hydrogen) atoms. The zero-order valence-corrected chi connectivity index (χ0v) is 17.0. The van der Waals surface area contributed by atoms with Gasteiger partial charge in [0.05, 0.1) is 11.6 Å². The van der Waals surface area contributed by atoms with E-state index >= 15 is 0 Å². The molecule has 2 saturated carbocycles. The lowest BCUT2D eigenvalue weighted by Crippen LogP contribution is -2.42. The second-order valence-electron chi connectivity index (χ2n) is 10.00. The number of hydrogen-bond donors (Lipinski definition) is 2. The average Bonchev–Trinajstić information content (AvgIpc) is 3.48. The first-order valence-corrected chi connectivity index (χ1v) is 10.2. The van der Waals surface area contributed by atoms with Crippen molar-refractivity contribution >= 4 is 12.1 Å². The van der Waals surface area contributed by atoms with E-state index < -0.39 is 23.3 Å². The van der Waals surface area contributed by atoms with Crippen LogP contribution in [0.1, 0.15) is 70.7 Å². The molecule has 2 bridgehead atoms. The van der Waals surface area contributed by atoms with Crippen LogP contribution in [0.5, 0.6) is 0 Å². The van der Waals surface area contributed by atoms with Crippen LogP contribution in [0.4, 0.5) is 9.59 Å². The Morgan fingerprint density at radius 2 is 2.03 bits per heavy atom. The highest BCUT2D eigenvalue weighted by Crippen LogP contribution is 2.61. The van der Waals surface area contributed by atoms with Crippen LogP contribution in [-0.2, 0) is 11.2 Å². The van der Waals surface area contributed by atoms with Gasteiger partial charge in [-0.1, -0.05) is 0 Å². The summed E-state index contributed by atoms with van der Waals surface area (Å²) in [5, 5.41) is 22.4. The predicted octanol–water partition coefficient (Wildman–Crippen LogP) is 2.39. The molecule has 2 atom stereocenters. The van der Waals surface area contributed by atoms with Crippen LogP contribution in [0.25, 0.3) is 0 Å². The SMILES string of the molecule is CC(C)(C)OC(=O)NC1(Cc2nnc([C@@H]3CC4(CC4)[C@H]4CN3C(=O)N4O)o2)CC1. The molecule has 3 amide bonds. The van der Waals surface area contributed by atoms with Crippen LogP contribution in [0.2, 0.25) is 0 Å². The van der Waals surface area contributed by atoms with Gasteiger partial charge in [0.25, 0.3) is 0 Å². The molecule has 2 saturated heterocycles. The number of aromatic nitrogens is 2. The third kappa shape index (κ3) is 3.23. The van der Waals surface area contributed by atoms with E-state index in [9.17, 15) is 14.8 Å². The number of nitrogens with zero attached hydrogens (tertiary/aromatic N) is 4. The molecule has 4 aliphatic rings. The number of carbonyl (C=O) groups is 2. The van der Waals surface area contributed by atoms with E-state index in [-0.39, 0.29) is 17.5 Å². The molecule has 2 aliphatic heterocycles. The lowest BCUT2D eigenvalue weighted by atomic mass is 9.85. The van der Waals surface area contributed by atoms with Crippen molar-refractivity contribution in [2.45, 2.75) is 82.5 Å². The summed E-state index contributed by atoms with van der Waals surface area (Å²) in [5.74, 6) is 0.842. The highest BCUT2D eigenvalue weighted by molar-refractivity contribution is 5.77. The van der Waals surface area contributed by atoms with Gasteiger partial charge in [-0.15, -0.1) is 10.2 Å². The molecule has 1 aromatic heterocycles. The van der Waals surface area contributed by atoms with Crippen LogP contribution in [0, 0.1) is 5.41 Å². The molecule has 1 spiro atoms. The van der Waals surface area contributed by atoms with Crippen molar-refractivity contribution in [1.82, 2.24) is 25.5 Å². The average molecular weight is 405 g/mol. The monoisotopic (exact) mass is 405 g/mol. The van der Waals surface area contributed by atoms with Crippen LogP contribution in [0.3, 0.4) is 0 Å². The lowest BCUT2D eigenvalue weighted by Gasteiger charge is -2.34. The Hall–Kier alpha value is -2.36. The van der Waals surface area contributed by atoms with Gasteiger partial charge in [0, 0.05) is 13.0 Å². The molecule has 0 radical (unpaired) electrons. The molecule has 0 unspecified atom stereocenters. The van der Waals surface area contributed by atoms with E-state index in [1.807, 2.05) is 20.8 Å². The molecule has 1 aromatic rings. The van der Waals surface area contributed by atoms with E-state index in [0.29, 0.717) is 24.7 Å². The lowest BCUT2D eigenvalue weighted by molar-refractivity contribution is -0.0783. The molecule has 10 nitrogen and oxygen atoms in total. The summed E-state index contributed by atoms with van der Waals surface area (Å²) in [4.78, 5) is 26.2. The van der Waals surface area contributed by atoms with Gasteiger partial charge in [0.15, 0.2) is 0 Å². The topological polar surface area (TPSA) is 121 Å². The highest BCUT2D eigenvalue weighted by Gasteiger charge is 2.63. The molecule has 2 N–H and O–H groups in total. The van der Waals surface area contributed by atoms with E-state index in [1.165, 1.54) is 0 Å². The number of piperidine rings is 1. The first kappa shape index (κ1) is 18.7. The number of hydroxylamine groups is 2. The molecular weight excluding hydrogens is 378 g/mol. The Morgan fingerprint density at radius 1 is 1.31 bits per heavy atom. The Labute approximate surface area is 168 Å². The van der Waals surface area contributed by atoms with E-state index in [1.54, 1.807) is 4.90 Å². The second kappa shape index (κ2) is 5.84. The summed E-state index contributed by atoms with van der Waals surface area (Å²) in [7, 11) is 0. The first-order chi connectivity index (χ1) is 13.6. The maximum atomic E-state index is 12.4. The van der Waals surface area contributed by atoms with Crippen LogP contribution >= 0.6 is 0 Å². The number of hydrogen-bond acceptors (Lipinski definition) is 7. The number of alkyl carbamates (subject to hydrolysis) is 1. The van der Waals surface area contributed by atoms with Gasteiger partial charge in [-0.2, -0.15) is 0 Å². The van der Waals surface area contributed by atoms with Crippen LogP contribution < -0.4 is 5.32 Å². The molecule has 158 valence electrons. The zero-order chi connectivity index (χ0) is 20.6. The van der Waals surface area contributed by atoms with Gasteiger partial charge in [-0.05, 0) is 58.3 Å². The Kier molecular flexibility index (Phi) is 3.76. The van der Waals surface area contributed by atoms with Crippen molar-refractivity contribution in [3.05, 3.63) is 11.8 Å². The number of rotatable bonds is 4. The summed E-state index contributed by atoms with van der Waals surface area (Å²) in [6.07, 6.45) is 4.34. The quantitative estimate of drug-likeness (QED) is 0.738. The number of urea groups is 1. The molecule has 5 rings (SSSR count). The van der Waals surface area contributed by atoms with Gasteiger partial charge in [0.1, 0.15) is 11.6 Å². The van der Waals surface area contributed by atoms with Crippen molar-refractivity contribution in [3.63, 3.8) is 0 Å². The van der Waals surface area contributed by atoms with Gasteiger partial charge >= 0.3 is 12.1 Å². The molecule has 3 heterocycles.